The van der Waals surface area contributed by atoms with Crippen molar-refractivity contribution in [1.82, 2.24) is 4.98 Å². The fourth-order valence-corrected chi connectivity index (χ4v) is 4.32. The van der Waals surface area contributed by atoms with Gasteiger partial charge in [0.25, 0.3) is 5.56 Å². The summed E-state index contributed by atoms with van der Waals surface area (Å²) in [6.45, 7) is 6.63. The first-order chi connectivity index (χ1) is 16.4. The first kappa shape index (κ1) is 26.2. The molecule has 3 rings (SSSR count). The van der Waals surface area contributed by atoms with E-state index in [4.69, 9.17) is 9.47 Å². The summed E-state index contributed by atoms with van der Waals surface area (Å²) >= 11 is 0. The monoisotopic (exact) mass is 496 g/mol. The summed E-state index contributed by atoms with van der Waals surface area (Å²) in [7, 11) is -0.112. The van der Waals surface area contributed by atoms with Crippen molar-refractivity contribution in [3.8, 4) is 16.9 Å². The molecule has 186 valence electrons. The van der Waals surface area contributed by atoms with Crippen LogP contribution in [0.3, 0.4) is 0 Å². The lowest BCUT2D eigenvalue weighted by atomic mass is 9.83. The molecule has 0 bridgehead atoms. The number of benzene rings is 2. The molecule has 1 heterocycles. The average Bonchev–Trinajstić information content (AvgIpc) is 2.76. The minimum absolute atomic E-state index is 0.187. The van der Waals surface area contributed by atoms with Gasteiger partial charge in [-0.05, 0) is 52.9 Å². The van der Waals surface area contributed by atoms with Crippen molar-refractivity contribution in [3.63, 3.8) is 0 Å². The molecular weight excluding hydrogens is 464 g/mol. The van der Waals surface area contributed by atoms with E-state index in [0.29, 0.717) is 23.6 Å². The first-order valence-corrected chi connectivity index (χ1v) is 13.0. The van der Waals surface area contributed by atoms with Gasteiger partial charge in [0, 0.05) is 35.2 Å². The maximum Gasteiger partial charge on any atom is 0.256 e. The van der Waals surface area contributed by atoms with Crippen LogP contribution in [0.5, 0.6) is 5.75 Å². The largest absolute Gasteiger partial charge is 0.496 e. The molecule has 0 atom stereocenters. The molecule has 0 unspecified atom stereocenters. The van der Waals surface area contributed by atoms with Crippen molar-refractivity contribution in [1.29, 1.82) is 0 Å². The lowest BCUT2D eigenvalue weighted by Crippen LogP contribution is -2.15. The summed E-state index contributed by atoms with van der Waals surface area (Å²) < 4.78 is 36.2. The van der Waals surface area contributed by atoms with E-state index < -0.39 is 10.0 Å². The van der Waals surface area contributed by atoms with E-state index in [2.05, 4.69) is 30.5 Å². The van der Waals surface area contributed by atoms with E-state index in [9.17, 15) is 13.2 Å². The van der Waals surface area contributed by atoms with Gasteiger partial charge < -0.3 is 14.5 Å². The van der Waals surface area contributed by atoms with E-state index in [1.807, 2.05) is 48.6 Å². The number of aromatic amines is 1. The topological polar surface area (TPSA) is 97.5 Å². The molecule has 0 aliphatic carbocycles. The van der Waals surface area contributed by atoms with Crippen molar-refractivity contribution in [2.75, 3.05) is 25.2 Å². The Morgan fingerprint density at radius 1 is 1.00 bits per heavy atom. The number of ether oxygens (including phenoxy) is 2. The molecule has 3 aromatic rings. The Labute approximate surface area is 206 Å². The molecule has 1 aromatic heterocycles. The van der Waals surface area contributed by atoms with Gasteiger partial charge in [-0.25, -0.2) is 8.42 Å². The summed E-state index contributed by atoms with van der Waals surface area (Å²) in [5.41, 5.74) is 4.82. The third-order valence-corrected chi connectivity index (χ3v) is 5.99. The number of pyridine rings is 1. The maximum atomic E-state index is 12.8. The highest BCUT2D eigenvalue weighted by molar-refractivity contribution is 7.92. The van der Waals surface area contributed by atoms with Crippen molar-refractivity contribution in [2.24, 2.45) is 0 Å². The Morgan fingerprint density at radius 2 is 1.69 bits per heavy atom. The minimum Gasteiger partial charge on any atom is -0.496 e. The van der Waals surface area contributed by atoms with Crippen molar-refractivity contribution >= 4 is 27.9 Å². The van der Waals surface area contributed by atoms with Crippen LogP contribution in [-0.4, -0.2) is 33.9 Å². The van der Waals surface area contributed by atoms with E-state index in [0.717, 1.165) is 34.3 Å². The van der Waals surface area contributed by atoms with E-state index >= 15 is 0 Å². The third-order valence-electron chi connectivity index (χ3n) is 5.38. The SMILES string of the molecule is COCc1ccc(-c2cc(C=Cc3ccc(NS(C)(=O)=O)cc3)c(OC)c(C(C)(C)C)c2)c(=O)[nH]1. The Hall–Kier alpha value is -3.36. The zero-order valence-corrected chi connectivity index (χ0v) is 21.7. The Kier molecular flexibility index (Phi) is 7.87. The van der Waals surface area contributed by atoms with Crippen LogP contribution < -0.4 is 15.0 Å². The lowest BCUT2D eigenvalue weighted by Gasteiger charge is -2.24. The summed E-state index contributed by atoms with van der Waals surface area (Å²) in [4.78, 5) is 15.7. The molecule has 7 nitrogen and oxygen atoms in total. The lowest BCUT2D eigenvalue weighted by molar-refractivity contribution is 0.181. The molecule has 0 radical (unpaired) electrons. The molecule has 2 N–H and O–H groups in total. The number of methoxy groups -OCH3 is 2. The van der Waals surface area contributed by atoms with Crippen LogP contribution >= 0.6 is 0 Å². The van der Waals surface area contributed by atoms with Crippen molar-refractivity contribution < 1.29 is 17.9 Å². The van der Waals surface area contributed by atoms with Crippen molar-refractivity contribution in [2.45, 2.75) is 32.8 Å². The molecule has 0 amide bonds. The molecule has 0 saturated heterocycles. The molecule has 2 aromatic carbocycles. The first-order valence-electron chi connectivity index (χ1n) is 11.1. The van der Waals surface area contributed by atoms with Gasteiger partial charge >= 0.3 is 0 Å². The number of rotatable bonds is 8. The van der Waals surface area contributed by atoms with E-state index in [-0.39, 0.29) is 11.0 Å². The van der Waals surface area contributed by atoms with Gasteiger partial charge in [0.05, 0.1) is 20.0 Å². The van der Waals surface area contributed by atoms with Gasteiger partial charge in [-0.15, -0.1) is 0 Å². The van der Waals surface area contributed by atoms with Gasteiger partial charge in [-0.3, -0.25) is 9.52 Å². The number of nitrogens with one attached hydrogen (secondary N) is 2. The van der Waals surface area contributed by atoms with Gasteiger partial charge in [0.1, 0.15) is 5.75 Å². The van der Waals surface area contributed by atoms with Crippen LogP contribution in [0, 0.1) is 0 Å². The van der Waals surface area contributed by atoms with Gasteiger partial charge in [0.15, 0.2) is 0 Å². The van der Waals surface area contributed by atoms with Crippen LogP contribution in [0.25, 0.3) is 23.3 Å². The summed E-state index contributed by atoms with van der Waals surface area (Å²) in [6, 6.07) is 14.7. The zero-order chi connectivity index (χ0) is 25.8. The smallest absolute Gasteiger partial charge is 0.256 e. The Bertz CT molecular complexity index is 1380. The number of aromatic nitrogens is 1. The van der Waals surface area contributed by atoms with Crippen LogP contribution in [0.4, 0.5) is 5.69 Å². The van der Waals surface area contributed by atoms with Gasteiger partial charge in [-0.2, -0.15) is 0 Å². The number of sulfonamides is 1. The summed E-state index contributed by atoms with van der Waals surface area (Å²) in [6.07, 6.45) is 4.97. The molecule has 0 aliphatic heterocycles. The number of H-pyrrole nitrogens is 1. The van der Waals surface area contributed by atoms with E-state index in [1.165, 1.54) is 0 Å². The number of hydrogen-bond acceptors (Lipinski definition) is 5. The third kappa shape index (κ3) is 6.83. The van der Waals surface area contributed by atoms with Crippen LogP contribution in [0.1, 0.15) is 43.2 Å². The predicted octanol–water partition coefficient (Wildman–Crippen LogP) is 5.04. The molecule has 0 spiro atoms. The molecule has 0 aliphatic rings. The standard InChI is InChI=1S/C27H32N2O5S/c1-27(2,3)24-16-20(23-14-13-22(17-33-4)28-26(23)30)15-19(25(24)34-5)10-7-18-8-11-21(12-9-18)29-35(6,31)32/h7-16,29H,17H2,1-6H3,(H,28,30). The molecule has 35 heavy (non-hydrogen) atoms. The zero-order valence-electron chi connectivity index (χ0n) is 20.9. The van der Waals surface area contributed by atoms with Gasteiger partial charge in [-0.1, -0.05) is 45.1 Å². The molecular formula is C27H32N2O5S. The average molecular weight is 497 g/mol. The van der Waals surface area contributed by atoms with Crippen LogP contribution in [0.15, 0.2) is 53.3 Å². The fraction of sp³-hybridized carbons (Fsp3) is 0.296. The normalized spacial score (nSPS) is 12.2. The highest BCUT2D eigenvalue weighted by atomic mass is 32.2. The quantitative estimate of drug-likeness (QED) is 0.426. The van der Waals surface area contributed by atoms with Gasteiger partial charge in [0.2, 0.25) is 10.0 Å². The molecule has 0 fully saturated rings. The maximum absolute atomic E-state index is 12.8. The number of hydrogen-bond donors (Lipinski definition) is 2. The second-order valence-corrected chi connectivity index (χ2v) is 11.1. The van der Waals surface area contributed by atoms with Crippen molar-refractivity contribution in [3.05, 3.63) is 81.3 Å². The Balaban J connectivity index is 2.07. The van der Waals surface area contributed by atoms with E-state index in [1.54, 1.807) is 26.4 Å². The highest BCUT2D eigenvalue weighted by Crippen LogP contribution is 2.38. The second kappa shape index (κ2) is 10.5. The molecule has 0 saturated carbocycles. The highest BCUT2D eigenvalue weighted by Gasteiger charge is 2.23. The summed E-state index contributed by atoms with van der Waals surface area (Å²) in [5.74, 6) is 0.736. The summed E-state index contributed by atoms with van der Waals surface area (Å²) in [5, 5.41) is 0. The minimum atomic E-state index is -3.33. The Morgan fingerprint density at radius 3 is 2.23 bits per heavy atom. The molecule has 8 heteroatoms. The van der Waals surface area contributed by atoms with Crippen LogP contribution in [-0.2, 0) is 26.8 Å². The second-order valence-electron chi connectivity index (χ2n) is 9.39. The predicted molar refractivity (Wildman–Crippen MR) is 142 cm³/mol. The fourth-order valence-electron chi connectivity index (χ4n) is 3.76. The number of anilines is 1. The van der Waals surface area contributed by atoms with Crippen LogP contribution in [0.2, 0.25) is 0 Å².